The summed E-state index contributed by atoms with van der Waals surface area (Å²) in [6.07, 6.45) is 6.89. The first-order valence-corrected chi connectivity index (χ1v) is 9.42. The van der Waals surface area contributed by atoms with E-state index in [2.05, 4.69) is 81.4 Å². The molecule has 0 bridgehead atoms. The molecule has 0 aromatic heterocycles. The monoisotopic (exact) mass is 328 g/mol. The van der Waals surface area contributed by atoms with E-state index in [0.29, 0.717) is 0 Å². The fraction of sp³-hybridized carbons (Fsp3) is 0.727. The highest BCUT2D eigenvalue weighted by Gasteiger charge is 2.51. The summed E-state index contributed by atoms with van der Waals surface area (Å²) in [6, 6.07) is 0. The Kier molecular flexibility index (Phi) is 4.53. The van der Waals surface area contributed by atoms with Crippen molar-refractivity contribution in [2.24, 2.45) is 31.6 Å². The molecule has 0 aliphatic carbocycles. The third-order valence-corrected chi connectivity index (χ3v) is 7.20. The molecule has 2 heteroatoms. The van der Waals surface area contributed by atoms with E-state index in [1.807, 2.05) is 0 Å². The molecule has 2 heterocycles. The molecule has 0 spiro atoms. The highest BCUT2D eigenvalue weighted by atomic mass is 14.9. The number of aliphatic imine (C=N–C) groups is 2. The standard InChI is InChI=1S/C22H36N2/c1-11-21(9,17-13-19(5,6)15(3)23-17)22(10,12-2)18-14-20(7,8)16(4)24-18/h13-14H,11-12H2,1-10H3. The van der Waals surface area contributed by atoms with E-state index in [0.717, 1.165) is 12.8 Å². The average Bonchev–Trinajstić information content (AvgIpc) is 2.93. The SMILES string of the molecule is CCC(C)(C1=CC(C)(C)C(C)=N1)C(C)(CC)C1=CC(C)(C)C(C)=N1. The van der Waals surface area contributed by atoms with Gasteiger partial charge in [0.15, 0.2) is 0 Å². The number of rotatable bonds is 5. The van der Waals surface area contributed by atoms with Gasteiger partial charge in [-0.15, -0.1) is 0 Å². The van der Waals surface area contributed by atoms with Gasteiger partial charge < -0.3 is 0 Å². The third-order valence-electron chi connectivity index (χ3n) is 7.20. The maximum atomic E-state index is 5.03. The van der Waals surface area contributed by atoms with Crippen molar-refractivity contribution in [3.8, 4) is 0 Å². The van der Waals surface area contributed by atoms with E-state index in [1.165, 1.54) is 22.8 Å². The molecule has 2 rings (SSSR count). The molecule has 0 amide bonds. The molecule has 24 heavy (non-hydrogen) atoms. The first kappa shape index (κ1) is 19.1. The lowest BCUT2D eigenvalue weighted by Gasteiger charge is -2.46. The minimum absolute atomic E-state index is 0.0210. The minimum Gasteiger partial charge on any atom is -0.261 e. The van der Waals surface area contributed by atoms with Gasteiger partial charge in [0.1, 0.15) is 0 Å². The van der Waals surface area contributed by atoms with Crippen molar-refractivity contribution in [1.82, 2.24) is 0 Å². The number of allylic oxidation sites excluding steroid dienone is 4. The van der Waals surface area contributed by atoms with Gasteiger partial charge in [-0.2, -0.15) is 0 Å². The molecule has 0 saturated carbocycles. The lowest BCUT2D eigenvalue weighted by atomic mass is 9.58. The number of hydrogen-bond donors (Lipinski definition) is 0. The molecule has 134 valence electrons. The van der Waals surface area contributed by atoms with Crippen LogP contribution in [0.15, 0.2) is 33.5 Å². The highest BCUT2D eigenvalue weighted by Crippen LogP contribution is 2.58. The highest BCUT2D eigenvalue weighted by molar-refractivity contribution is 5.93. The summed E-state index contributed by atoms with van der Waals surface area (Å²) in [5, 5.41) is 0. The van der Waals surface area contributed by atoms with Crippen LogP contribution in [0.1, 0.15) is 82.1 Å². The molecule has 2 aliphatic rings. The summed E-state index contributed by atoms with van der Waals surface area (Å²) in [5.74, 6) is 0. The fourth-order valence-electron chi connectivity index (χ4n) is 3.88. The molecule has 2 atom stereocenters. The summed E-state index contributed by atoms with van der Waals surface area (Å²) >= 11 is 0. The van der Waals surface area contributed by atoms with Crippen molar-refractivity contribution in [2.75, 3.05) is 0 Å². The van der Waals surface area contributed by atoms with Crippen LogP contribution in [0.3, 0.4) is 0 Å². The van der Waals surface area contributed by atoms with Crippen molar-refractivity contribution in [1.29, 1.82) is 0 Å². The van der Waals surface area contributed by atoms with Crippen molar-refractivity contribution in [3.63, 3.8) is 0 Å². The Labute approximate surface area is 149 Å². The summed E-state index contributed by atoms with van der Waals surface area (Å²) in [7, 11) is 0. The second kappa shape index (κ2) is 5.68. The van der Waals surface area contributed by atoms with Gasteiger partial charge in [-0.1, -0.05) is 67.5 Å². The fourth-order valence-corrected chi connectivity index (χ4v) is 3.88. The van der Waals surface area contributed by atoms with Crippen molar-refractivity contribution in [3.05, 3.63) is 23.5 Å². The van der Waals surface area contributed by atoms with Gasteiger partial charge in [-0.3, -0.25) is 9.98 Å². The van der Waals surface area contributed by atoms with Gasteiger partial charge in [-0.25, -0.2) is 0 Å². The molecule has 0 N–H and O–H groups in total. The lowest BCUT2D eigenvalue weighted by Crippen LogP contribution is -2.39. The second-order valence-corrected chi connectivity index (χ2v) is 9.27. The molecular formula is C22H36N2. The summed E-state index contributed by atoms with van der Waals surface area (Å²) < 4.78 is 0. The number of nitrogens with zero attached hydrogens (tertiary/aromatic N) is 2. The van der Waals surface area contributed by atoms with Crippen molar-refractivity contribution >= 4 is 11.4 Å². The predicted molar refractivity (Wildman–Crippen MR) is 107 cm³/mol. The van der Waals surface area contributed by atoms with E-state index in [4.69, 9.17) is 9.98 Å². The molecule has 0 fully saturated rings. The molecular weight excluding hydrogens is 292 g/mol. The zero-order valence-electron chi connectivity index (χ0n) is 17.5. The molecule has 0 aromatic carbocycles. The van der Waals surface area contributed by atoms with Gasteiger partial charge in [0.2, 0.25) is 0 Å². The summed E-state index contributed by atoms with van der Waals surface area (Å²) in [6.45, 7) is 22.7. The lowest BCUT2D eigenvalue weighted by molar-refractivity contribution is 0.135. The van der Waals surface area contributed by atoms with Crippen LogP contribution in [0.25, 0.3) is 0 Å². The largest absolute Gasteiger partial charge is 0.261 e. The van der Waals surface area contributed by atoms with Crippen molar-refractivity contribution in [2.45, 2.75) is 82.1 Å². The Morgan fingerprint density at radius 2 is 1.04 bits per heavy atom. The van der Waals surface area contributed by atoms with Gasteiger partial charge in [0.05, 0.1) is 0 Å². The smallest absolute Gasteiger partial charge is 0.0440 e. The summed E-state index contributed by atoms with van der Waals surface area (Å²) in [5.41, 5.74) is 5.00. The van der Waals surface area contributed by atoms with Gasteiger partial charge in [-0.05, 0) is 26.7 Å². The second-order valence-electron chi connectivity index (χ2n) is 9.27. The zero-order chi connectivity index (χ0) is 18.6. The molecule has 2 unspecified atom stereocenters. The number of hydrogen-bond acceptors (Lipinski definition) is 2. The van der Waals surface area contributed by atoms with Crippen LogP contribution in [0.5, 0.6) is 0 Å². The molecule has 2 nitrogen and oxygen atoms in total. The first-order valence-electron chi connectivity index (χ1n) is 9.42. The predicted octanol–water partition coefficient (Wildman–Crippen LogP) is 6.59. The van der Waals surface area contributed by atoms with Crippen molar-refractivity contribution < 1.29 is 0 Å². The van der Waals surface area contributed by atoms with E-state index in [-0.39, 0.29) is 21.7 Å². The van der Waals surface area contributed by atoms with E-state index < -0.39 is 0 Å². The normalized spacial score (nSPS) is 26.9. The van der Waals surface area contributed by atoms with Crippen LogP contribution in [-0.2, 0) is 0 Å². The maximum absolute atomic E-state index is 5.03. The van der Waals surface area contributed by atoms with Crippen LogP contribution in [0.4, 0.5) is 0 Å². The minimum atomic E-state index is -0.0210. The van der Waals surface area contributed by atoms with E-state index in [1.54, 1.807) is 0 Å². The average molecular weight is 329 g/mol. The Morgan fingerprint density at radius 1 is 0.750 bits per heavy atom. The topological polar surface area (TPSA) is 24.7 Å². The Bertz CT molecular complexity index is 599. The van der Waals surface area contributed by atoms with Gasteiger partial charge in [0, 0.05) is 44.5 Å². The van der Waals surface area contributed by atoms with Crippen LogP contribution >= 0.6 is 0 Å². The summed E-state index contributed by atoms with van der Waals surface area (Å²) in [4.78, 5) is 10.1. The van der Waals surface area contributed by atoms with Crippen LogP contribution in [0.2, 0.25) is 0 Å². The Balaban J connectivity index is 2.60. The maximum Gasteiger partial charge on any atom is 0.0440 e. The van der Waals surface area contributed by atoms with Crippen LogP contribution in [0, 0.1) is 21.7 Å². The molecule has 0 aromatic rings. The van der Waals surface area contributed by atoms with E-state index >= 15 is 0 Å². The quantitative estimate of drug-likeness (QED) is 0.544. The first-order chi connectivity index (χ1) is 10.8. The van der Waals surface area contributed by atoms with Gasteiger partial charge >= 0.3 is 0 Å². The molecule has 0 saturated heterocycles. The van der Waals surface area contributed by atoms with Crippen LogP contribution < -0.4 is 0 Å². The molecule has 2 aliphatic heterocycles. The Hall–Kier alpha value is -1.18. The van der Waals surface area contributed by atoms with Crippen LogP contribution in [-0.4, -0.2) is 11.4 Å². The molecule has 0 radical (unpaired) electrons. The van der Waals surface area contributed by atoms with E-state index in [9.17, 15) is 0 Å². The van der Waals surface area contributed by atoms with Gasteiger partial charge in [0.25, 0.3) is 0 Å². The third kappa shape index (κ3) is 2.62. The zero-order valence-corrected chi connectivity index (χ0v) is 17.5. The Morgan fingerprint density at radius 3 is 1.21 bits per heavy atom.